The van der Waals surface area contributed by atoms with Crippen molar-refractivity contribution in [3.8, 4) is 0 Å². The molecule has 1 saturated heterocycles. The van der Waals surface area contributed by atoms with Crippen LogP contribution >= 0.6 is 12.4 Å². The molecule has 3 rings (SSSR count). The van der Waals surface area contributed by atoms with Crippen molar-refractivity contribution in [2.45, 2.75) is 25.5 Å². The van der Waals surface area contributed by atoms with Crippen LogP contribution < -0.4 is 0 Å². The molecule has 2 aromatic carbocycles. The average Bonchev–Trinajstić information content (AvgIpc) is 2.58. The van der Waals surface area contributed by atoms with E-state index in [-0.39, 0.29) is 30.3 Å². The number of piperidine rings is 1. The fourth-order valence-electron chi connectivity index (χ4n) is 2.83. The lowest BCUT2D eigenvalue weighted by atomic mass is 10.1. The van der Waals surface area contributed by atoms with E-state index in [1.165, 1.54) is 29.8 Å². The molecule has 3 nitrogen and oxygen atoms in total. The zero-order valence-electron chi connectivity index (χ0n) is 13.4. The molecular formula is C19H21ClFNO2. The van der Waals surface area contributed by atoms with Crippen LogP contribution in [0, 0.1) is 5.82 Å². The molecule has 0 bridgehead atoms. The second kappa shape index (κ2) is 8.81. The Morgan fingerprint density at radius 3 is 2.29 bits per heavy atom. The number of hydrogen-bond donors (Lipinski definition) is 0. The van der Waals surface area contributed by atoms with Gasteiger partial charge in [-0.3, -0.25) is 4.90 Å². The van der Waals surface area contributed by atoms with Crippen LogP contribution in [-0.2, 0) is 11.3 Å². The fourth-order valence-corrected chi connectivity index (χ4v) is 2.83. The molecule has 1 fully saturated rings. The van der Waals surface area contributed by atoms with E-state index in [0.29, 0.717) is 5.56 Å². The lowest BCUT2D eigenvalue weighted by molar-refractivity contribution is 0.0104. The molecule has 0 saturated carbocycles. The highest BCUT2D eigenvalue weighted by Crippen LogP contribution is 2.18. The standard InChI is InChI=1S/C19H20FNO2.ClH/c20-17-8-6-16(7-9-17)19(22)23-18-10-12-21(13-11-18)14-15-4-2-1-3-5-15;/h1-9,18H,10-14H2;1H. The van der Waals surface area contributed by atoms with Crippen molar-refractivity contribution in [3.63, 3.8) is 0 Å². The Morgan fingerprint density at radius 1 is 1.04 bits per heavy atom. The van der Waals surface area contributed by atoms with Crippen LogP contribution in [0.1, 0.15) is 28.8 Å². The normalized spacial score (nSPS) is 15.5. The van der Waals surface area contributed by atoms with Gasteiger partial charge in [0.25, 0.3) is 0 Å². The van der Waals surface area contributed by atoms with Gasteiger partial charge in [0.05, 0.1) is 5.56 Å². The van der Waals surface area contributed by atoms with Crippen molar-refractivity contribution in [1.82, 2.24) is 4.90 Å². The van der Waals surface area contributed by atoms with Crippen LogP contribution in [0.2, 0.25) is 0 Å². The molecule has 5 heteroatoms. The van der Waals surface area contributed by atoms with Crippen molar-refractivity contribution in [2.75, 3.05) is 13.1 Å². The minimum atomic E-state index is -0.369. The number of carbonyl (C=O) groups is 1. The molecule has 0 amide bonds. The third-order valence-corrected chi connectivity index (χ3v) is 4.14. The summed E-state index contributed by atoms with van der Waals surface area (Å²) < 4.78 is 18.4. The van der Waals surface area contributed by atoms with Crippen LogP contribution in [0.3, 0.4) is 0 Å². The summed E-state index contributed by atoms with van der Waals surface area (Å²) in [5.74, 6) is -0.720. The van der Waals surface area contributed by atoms with Crippen molar-refractivity contribution in [3.05, 3.63) is 71.5 Å². The number of benzene rings is 2. The SMILES string of the molecule is Cl.O=C(OC1CCN(Cc2ccccc2)CC1)c1ccc(F)cc1. The molecular weight excluding hydrogens is 329 g/mol. The molecule has 24 heavy (non-hydrogen) atoms. The summed E-state index contributed by atoms with van der Waals surface area (Å²) >= 11 is 0. The number of rotatable bonds is 4. The number of halogens is 2. The molecule has 0 aromatic heterocycles. The minimum absolute atomic E-state index is 0. The quantitative estimate of drug-likeness (QED) is 0.779. The lowest BCUT2D eigenvalue weighted by Crippen LogP contribution is -2.37. The Balaban J connectivity index is 0.00000208. The summed E-state index contributed by atoms with van der Waals surface area (Å²) in [6.45, 7) is 2.76. The summed E-state index contributed by atoms with van der Waals surface area (Å²) in [6, 6.07) is 15.8. The number of likely N-dealkylation sites (tertiary alicyclic amines) is 1. The van der Waals surface area contributed by atoms with Gasteiger partial charge in [0.15, 0.2) is 0 Å². The average molecular weight is 350 g/mol. The maximum Gasteiger partial charge on any atom is 0.338 e. The third kappa shape index (κ3) is 5.05. The number of hydrogen-bond acceptors (Lipinski definition) is 3. The highest BCUT2D eigenvalue weighted by molar-refractivity contribution is 5.89. The van der Waals surface area contributed by atoms with Crippen LogP contribution in [0.25, 0.3) is 0 Å². The Kier molecular flexibility index (Phi) is 6.76. The zero-order chi connectivity index (χ0) is 16.1. The monoisotopic (exact) mass is 349 g/mol. The van der Waals surface area contributed by atoms with E-state index in [0.717, 1.165) is 32.5 Å². The molecule has 128 valence electrons. The molecule has 0 atom stereocenters. The number of ether oxygens (including phenoxy) is 1. The van der Waals surface area contributed by atoms with E-state index in [2.05, 4.69) is 17.0 Å². The summed E-state index contributed by atoms with van der Waals surface area (Å²) in [5.41, 5.74) is 1.70. The van der Waals surface area contributed by atoms with Crippen LogP contribution in [-0.4, -0.2) is 30.1 Å². The van der Waals surface area contributed by atoms with Crippen molar-refractivity contribution in [2.24, 2.45) is 0 Å². The van der Waals surface area contributed by atoms with Crippen molar-refractivity contribution >= 4 is 18.4 Å². The fraction of sp³-hybridized carbons (Fsp3) is 0.316. The van der Waals surface area contributed by atoms with Gasteiger partial charge in [-0.05, 0) is 42.7 Å². The van der Waals surface area contributed by atoms with E-state index in [1.54, 1.807) is 0 Å². The smallest absolute Gasteiger partial charge is 0.338 e. The molecule has 0 spiro atoms. The van der Waals surface area contributed by atoms with Crippen molar-refractivity contribution < 1.29 is 13.9 Å². The molecule has 1 aliphatic rings. The molecule has 0 aliphatic carbocycles. The zero-order valence-corrected chi connectivity index (χ0v) is 14.2. The first-order valence-electron chi connectivity index (χ1n) is 7.93. The van der Waals surface area contributed by atoms with Gasteiger partial charge in [0, 0.05) is 19.6 Å². The first-order valence-corrected chi connectivity index (χ1v) is 7.93. The van der Waals surface area contributed by atoms with Crippen LogP contribution in [0.5, 0.6) is 0 Å². The van der Waals surface area contributed by atoms with E-state index in [9.17, 15) is 9.18 Å². The summed E-state index contributed by atoms with van der Waals surface area (Å²) in [6.07, 6.45) is 1.61. The first kappa shape index (κ1) is 18.4. The van der Waals surface area contributed by atoms with Crippen LogP contribution in [0.15, 0.2) is 54.6 Å². The Morgan fingerprint density at radius 2 is 1.67 bits per heavy atom. The largest absolute Gasteiger partial charge is 0.459 e. The molecule has 0 N–H and O–H groups in total. The number of esters is 1. The third-order valence-electron chi connectivity index (χ3n) is 4.14. The maximum atomic E-state index is 12.9. The van der Waals surface area contributed by atoms with Gasteiger partial charge < -0.3 is 4.74 Å². The van der Waals surface area contributed by atoms with Gasteiger partial charge in [-0.1, -0.05) is 30.3 Å². The molecule has 1 heterocycles. The highest BCUT2D eigenvalue weighted by Gasteiger charge is 2.22. The molecule has 0 radical (unpaired) electrons. The molecule has 2 aromatic rings. The van der Waals surface area contributed by atoms with E-state index >= 15 is 0 Å². The van der Waals surface area contributed by atoms with Gasteiger partial charge in [-0.25, -0.2) is 9.18 Å². The Hall–Kier alpha value is -1.91. The van der Waals surface area contributed by atoms with Gasteiger partial charge in [0.1, 0.15) is 11.9 Å². The second-order valence-electron chi connectivity index (χ2n) is 5.87. The minimum Gasteiger partial charge on any atom is -0.459 e. The number of carbonyl (C=O) groups excluding carboxylic acids is 1. The first-order chi connectivity index (χ1) is 11.2. The van der Waals surface area contributed by atoms with E-state index < -0.39 is 0 Å². The van der Waals surface area contributed by atoms with Gasteiger partial charge in [-0.2, -0.15) is 0 Å². The molecule has 0 unspecified atom stereocenters. The van der Waals surface area contributed by atoms with E-state index in [1.807, 2.05) is 18.2 Å². The van der Waals surface area contributed by atoms with Gasteiger partial charge in [-0.15, -0.1) is 12.4 Å². The lowest BCUT2D eigenvalue weighted by Gasteiger charge is -2.31. The second-order valence-corrected chi connectivity index (χ2v) is 5.87. The Bertz CT molecular complexity index is 640. The van der Waals surface area contributed by atoms with Gasteiger partial charge >= 0.3 is 5.97 Å². The highest BCUT2D eigenvalue weighted by atomic mass is 35.5. The predicted octanol–water partition coefficient (Wildman–Crippen LogP) is 4.07. The van der Waals surface area contributed by atoms with Gasteiger partial charge in [0.2, 0.25) is 0 Å². The summed E-state index contributed by atoms with van der Waals surface area (Å²) in [5, 5.41) is 0. The Labute approximate surface area is 147 Å². The topological polar surface area (TPSA) is 29.5 Å². The van der Waals surface area contributed by atoms with Crippen molar-refractivity contribution in [1.29, 1.82) is 0 Å². The van der Waals surface area contributed by atoms with Crippen LogP contribution in [0.4, 0.5) is 4.39 Å². The summed E-state index contributed by atoms with van der Waals surface area (Å²) in [7, 11) is 0. The predicted molar refractivity (Wildman–Crippen MR) is 93.8 cm³/mol. The maximum absolute atomic E-state index is 12.9. The summed E-state index contributed by atoms with van der Waals surface area (Å²) in [4.78, 5) is 14.4. The molecule has 1 aliphatic heterocycles. The van der Waals surface area contributed by atoms with E-state index in [4.69, 9.17) is 4.74 Å². The number of nitrogens with zero attached hydrogens (tertiary/aromatic N) is 1.